The van der Waals surface area contributed by atoms with Gasteiger partial charge in [0, 0.05) is 16.4 Å². The van der Waals surface area contributed by atoms with Crippen LogP contribution in [0.25, 0.3) is 0 Å². The Labute approximate surface area is 183 Å². The molecule has 1 aromatic rings. The summed E-state index contributed by atoms with van der Waals surface area (Å²) in [5, 5.41) is 21.3. The van der Waals surface area contributed by atoms with Crippen LogP contribution in [0.5, 0.6) is 0 Å². The van der Waals surface area contributed by atoms with Crippen molar-refractivity contribution in [3.8, 4) is 0 Å². The van der Waals surface area contributed by atoms with Crippen molar-refractivity contribution >= 4 is 97.3 Å². The highest BCUT2D eigenvalue weighted by molar-refractivity contribution is 14.1. The molecule has 136 valence electrons. The number of ether oxygens (including phenoxy) is 1. The highest BCUT2D eigenvalue weighted by Crippen LogP contribution is 2.35. The molecule has 0 heterocycles. The molecule has 0 radical (unpaired) electrons. The molecule has 1 amide bonds. The Hall–Kier alpha value is -0.710. The van der Waals surface area contributed by atoms with Gasteiger partial charge in [0.1, 0.15) is 0 Å². The summed E-state index contributed by atoms with van der Waals surface area (Å²) in [4.78, 5) is 46.1. The predicted molar refractivity (Wildman–Crippen MR) is 113 cm³/mol. The minimum Gasteiger partial charge on any atom is -0.478 e. The molecule has 0 aliphatic heterocycles. The van der Waals surface area contributed by atoms with E-state index in [2.05, 4.69) is 10.1 Å². The number of hydrogen-bond donors (Lipinski definition) is 3. The summed E-state index contributed by atoms with van der Waals surface area (Å²) in [5.74, 6) is -3.45. The molecule has 0 atom stereocenters. The number of methoxy groups -OCH3 is 1. The summed E-state index contributed by atoms with van der Waals surface area (Å²) in [6, 6.07) is 0. The summed E-state index contributed by atoms with van der Waals surface area (Å²) < 4.78 is 5.06. The van der Waals surface area contributed by atoms with Crippen LogP contribution >= 0.6 is 67.8 Å². The topological polar surface area (TPSA) is 130 Å². The summed E-state index contributed by atoms with van der Waals surface area (Å²) in [7, 11) is 1.25. The first kappa shape index (κ1) is 22.3. The van der Waals surface area contributed by atoms with E-state index >= 15 is 0 Å². The second-order valence-electron chi connectivity index (χ2n) is 4.66. The molecule has 0 aromatic heterocycles. The quantitative estimate of drug-likeness (QED) is 0.297. The molecule has 0 unspecified atom stereocenters. The lowest BCUT2D eigenvalue weighted by Gasteiger charge is -2.16. The Morgan fingerprint density at radius 3 is 1.80 bits per heavy atom. The van der Waals surface area contributed by atoms with Gasteiger partial charge in [-0.2, -0.15) is 0 Å². The van der Waals surface area contributed by atoms with Crippen molar-refractivity contribution in [3.05, 3.63) is 21.8 Å². The van der Waals surface area contributed by atoms with Gasteiger partial charge >= 0.3 is 17.9 Å². The van der Waals surface area contributed by atoms with Gasteiger partial charge in [0.15, 0.2) is 0 Å². The maximum atomic E-state index is 12.1. The molecular weight excluding hydrogens is 675 g/mol. The van der Waals surface area contributed by atoms with Crippen LogP contribution in [0.4, 0.5) is 5.69 Å². The number of benzene rings is 1. The SMILES string of the molecule is COC(=O)CCCC(=O)Nc1c(I)c(C(=O)O)c(I)c(C(=O)O)c1I. The number of esters is 1. The van der Waals surface area contributed by atoms with E-state index in [4.69, 9.17) is 0 Å². The van der Waals surface area contributed by atoms with Gasteiger partial charge in [-0.3, -0.25) is 9.59 Å². The molecule has 0 fully saturated rings. The first-order valence-corrected chi connectivity index (χ1v) is 9.89. The summed E-state index contributed by atoms with van der Waals surface area (Å²) in [6.45, 7) is 0. The summed E-state index contributed by atoms with van der Waals surface area (Å²) >= 11 is 5.20. The Balaban J connectivity index is 3.18. The van der Waals surface area contributed by atoms with Gasteiger partial charge in [-0.1, -0.05) is 0 Å². The van der Waals surface area contributed by atoms with Crippen LogP contribution in [-0.2, 0) is 14.3 Å². The molecule has 1 rings (SSSR count). The number of amides is 1. The van der Waals surface area contributed by atoms with Gasteiger partial charge in [-0.25, -0.2) is 9.59 Å². The van der Waals surface area contributed by atoms with Crippen molar-refractivity contribution in [2.45, 2.75) is 19.3 Å². The molecule has 0 aliphatic carbocycles. The molecule has 0 bridgehead atoms. The Bertz CT molecular complexity index is 707. The molecular formula is C14H12I3NO7. The maximum Gasteiger partial charge on any atom is 0.337 e. The van der Waals surface area contributed by atoms with Crippen molar-refractivity contribution in [2.24, 2.45) is 0 Å². The van der Waals surface area contributed by atoms with E-state index in [0.29, 0.717) is 0 Å². The third-order valence-electron chi connectivity index (χ3n) is 3.02. The number of carbonyl (C=O) groups is 4. The lowest BCUT2D eigenvalue weighted by molar-refractivity contribution is -0.140. The van der Waals surface area contributed by atoms with Crippen molar-refractivity contribution < 1.29 is 34.1 Å². The van der Waals surface area contributed by atoms with Gasteiger partial charge in [-0.15, -0.1) is 0 Å². The Morgan fingerprint density at radius 1 is 0.920 bits per heavy atom. The van der Waals surface area contributed by atoms with Crippen LogP contribution in [0.1, 0.15) is 40.0 Å². The average molecular weight is 687 g/mol. The number of carbonyl (C=O) groups excluding carboxylic acids is 2. The van der Waals surface area contributed by atoms with Crippen molar-refractivity contribution in [3.63, 3.8) is 0 Å². The smallest absolute Gasteiger partial charge is 0.337 e. The monoisotopic (exact) mass is 687 g/mol. The predicted octanol–water partition coefficient (Wildman–Crippen LogP) is 3.18. The van der Waals surface area contributed by atoms with Crippen molar-refractivity contribution in [1.82, 2.24) is 0 Å². The Kier molecular flexibility index (Phi) is 8.79. The van der Waals surface area contributed by atoms with Crippen LogP contribution < -0.4 is 5.32 Å². The zero-order valence-corrected chi connectivity index (χ0v) is 19.2. The highest BCUT2D eigenvalue weighted by atomic mass is 127. The molecule has 0 saturated carbocycles. The number of hydrogen-bond acceptors (Lipinski definition) is 5. The van der Waals surface area contributed by atoms with E-state index in [0.717, 1.165) is 0 Å². The normalized spacial score (nSPS) is 10.2. The Morgan fingerprint density at radius 2 is 1.40 bits per heavy atom. The number of rotatable bonds is 7. The number of carboxylic acids is 2. The average Bonchev–Trinajstić information content (AvgIpc) is 2.50. The van der Waals surface area contributed by atoms with E-state index in [1.165, 1.54) is 7.11 Å². The first-order chi connectivity index (χ1) is 11.6. The lowest BCUT2D eigenvalue weighted by Crippen LogP contribution is -2.19. The zero-order valence-electron chi connectivity index (χ0n) is 12.7. The minimum atomic E-state index is -1.28. The second kappa shape index (κ2) is 9.84. The molecule has 11 heteroatoms. The number of anilines is 1. The van der Waals surface area contributed by atoms with Crippen molar-refractivity contribution in [1.29, 1.82) is 0 Å². The van der Waals surface area contributed by atoms with Gasteiger partial charge in [0.2, 0.25) is 5.91 Å². The van der Waals surface area contributed by atoms with Crippen LogP contribution in [0.2, 0.25) is 0 Å². The number of halogens is 3. The second-order valence-corrected chi connectivity index (χ2v) is 7.89. The molecule has 0 spiro atoms. The fourth-order valence-corrected chi connectivity index (χ4v) is 6.21. The summed E-state index contributed by atoms with van der Waals surface area (Å²) in [6.07, 6.45) is 0.344. The number of aromatic carboxylic acids is 2. The lowest BCUT2D eigenvalue weighted by atomic mass is 10.1. The van der Waals surface area contributed by atoms with Crippen LogP contribution in [0.15, 0.2) is 0 Å². The number of nitrogens with one attached hydrogen (secondary N) is 1. The van der Waals surface area contributed by atoms with Crippen LogP contribution in [-0.4, -0.2) is 41.1 Å². The van der Waals surface area contributed by atoms with Crippen molar-refractivity contribution in [2.75, 3.05) is 12.4 Å². The van der Waals surface area contributed by atoms with Gasteiger partial charge in [0.25, 0.3) is 0 Å². The largest absolute Gasteiger partial charge is 0.478 e. The molecule has 0 saturated heterocycles. The van der Waals surface area contributed by atoms with E-state index in [9.17, 15) is 29.4 Å². The van der Waals surface area contributed by atoms with E-state index in [1.54, 1.807) is 67.8 Å². The fraction of sp³-hybridized carbons (Fsp3) is 0.286. The fourth-order valence-electron chi connectivity index (χ4n) is 1.85. The molecule has 8 nitrogen and oxygen atoms in total. The van der Waals surface area contributed by atoms with Gasteiger partial charge in [0.05, 0.1) is 31.1 Å². The minimum absolute atomic E-state index is 0.0120. The molecule has 0 aliphatic rings. The van der Waals surface area contributed by atoms with Crippen LogP contribution in [0.3, 0.4) is 0 Å². The molecule has 3 N–H and O–H groups in total. The van der Waals surface area contributed by atoms with Gasteiger partial charge in [-0.05, 0) is 74.2 Å². The molecule has 1 aromatic carbocycles. The van der Waals surface area contributed by atoms with E-state index in [-0.39, 0.29) is 46.8 Å². The molecule has 25 heavy (non-hydrogen) atoms. The summed E-state index contributed by atoms with van der Waals surface area (Å²) in [5.41, 5.74) is -0.216. The first-order valence-electron chi connectivity index (χ1n) is 6.65. The van der Waals surface area contributed by atoms with Gasteiger partial charge < -0.3 is 20.3 Å². The van der Waals surface area contributed by atoms with Crippen LogP contribution in [0, 0.1) is 10.7 Å². The number of carboxylic acid groups (broad SMARTS) is 2. The highest BCUT2D eigenvalue weighted by Gasteiger charge is 2.28. The maximum absolute atomic E-state index is 12.1. The van der Waals surface area contributed by atoms with E-state index < -0.39 is 23.8 Å². The third-order valence-corrected chi connectivity index (χ3v) is 6.26. The zero-order chi connectivity index (χ0) is 19.3. The third kappa shape index (κ3) is 5.63. The van der Waals surface area contributed by atoms with E-state index in [1.807, 2.05) is 0 Å². The standard InChI is InChI=1S/C14H12I3NO7/c1-25-6(20)4-2-3-5(19)18-12-10(16)7(13(21)22)9(15)8(11(12)17)14(23)24/h2-4H2,1H3,(H,18,19)(H,21,22)(H,23,24).